The van der Waals surface area contributed by atoms with Crippen molar-refractivity contribution < 1.29 is 44.1 Å². The average Bonchev–Trinajstić information content (AvgIpc) is 2.21. The third-order valence-electron chi connectivity index (χ3n) is 1.64. The Morgan fingerprint density at radius 3 is 2.06 bits per heavy atom. The number of carbonyl (C=O) groups is 1. The first-order valence-corrected chi connectivity index (χ1v) is 5.49. The molecule has 0 amide bonds. The molecule has 0 radical (unpaired) electrons. The maximum Gasteiger partial charge on any atom is 0.151 e. The quantitative estimate of drug-likeness (QED) is 0.259. The standard InChI is InChI=1S/C6H13O9P/c7-1-3(8)5(10)6(11)4(9)2-15-16(12,13)14/h1,3-6,8-11H,2H2,(H2,12,13,14)/p-2. The van der Waals surface area contributed by atoms with Crippen molar-refractivity contribution in [3.63, 3.8) is 0 Å². The molecule has 0 saturated carbocycles. The van der Waals surface area contributed by atoms with Gasteiger partial charge in [0.2, 0.25) is 0 Å². The molecule has 0 aliphatic rings. The predicted octanol–water partition coefficient (Wildman–Crippen LogP) is -4.53. The minimum absolute atomic E-state index is 0.0897. The Morgan fingerprint density at radius 2 is 1.69 bits per heavy atom. The Morgan fingerprint density at radius 1 is 1.19 bits per heavy atom. The van der Waals surface area contributed by atoms with E-state index in [0.717, 1.165) is 0 Å². The van der Waals surface area contributed by atoms with Gasteiger partial charge in [-0.3, -0.25) is 0 Å². The Balaban J connectivity index is 4.22. The lowest BCUT2D eigenvalue weighted by molar-refractivity contribution is -0.343. The summed E-state index contributed by atoms with van der Waals surface area (Å²) in [7, 11) is -5.30. The van der Waals surface area contributed by atoms with Crippen molar-refractivity contribution in [2.75, 3.05) is 6.61 Å². The molecule has 0 aliphatic heterocycles. The Kier molecular flexibility index (Phi) is 6.23. The first-order valence-electron chi connectivity index (χ1n) is 4.03. The van der Waals surface area contributed by atoms with Crippen molar-refractivity contribution in [2.45, 2.75) is 24.4 Å². The van der Waals surface area contributed by atoms with Crippen LogP contribution in [0.3, 0.4) is 0 Å². The molecule has 0 aliphatic carbocycles. The van der Waals surface area contributed by atoms with Crippen molar-refractivity contribution in [3.05, 3.63) is 0 Å². The zero-order valence-corrected chi connectivity index (χ0v) is 8.77. The molecule has 4 N–H and O–H groups in total. The van der Waals surface area contributed by atoms with Gasteiger partial charge in [0.05, 0.1) is 14.4 Å². The molecular weight excluding hydrogens is 247 g/mol. The molecule has 0 aromatic carbocycles. The second-order valence-corrected chi connectivity index (χ2v) is 4.07. The SMILES string of the molecule is O=CC(O)C(O)C(O)C(O)COP(=O)([O-])[O-]. The van der Waals surface area contributed by atoms with Crippen molar-refractivity contribution >= 4 is 14.1 Å². The molecule has 4 unspecified atom stereocenters. The highest BCUT2D eigenvalue weighted by Crippen LogP contribution is 2.24. The van der Waals surface area contributed by atoms with E-state index < -0.39 is 38.8 Å². The van der Waals surface area contributed by atoms with Crippen molar-refractivity contribution in [2.24, 2.45) is 0 Å². The van der Waals surface area contributed by atoms with Crippen LogP contribution in [0.25, 0.3) is 0 Å². The van der Waals surface area contributed by atoms with E-state index in [1.165, 1.54) is 0 Å². The van der Waals surface area contributed by atoms with Crippen molar-refractivity contribution in [1.82, 2.24) is 0 Å². The summed E-state index contributed by atoms with van der Waals surface area (Å²) >= 11 is 0. The number of aldehydes is 1. The van der Waals surface area contributed by atoms with Crippen LogP contribution in [0.5, 0.6) is 0 Å². The molecule has 0 aromatic heterocycles. The van der Waals surface area contributed by atoms with Crippen LogP contribution in [-0.4, -0.2) is 57.7 Å². The van der Waals surface area contributed by atoms with Crippen LogP contribution in [-0.2, 0) is 13.9 Å². The summed E-state index contributed by atoms with van der Waals surface area (Å²) in [4.78, 5) is 30.0. The van der Waals surface area contributed by atoms with Gasteiger partial charge in [0.1, 0.15) is 24.4 Å². The number of phosphoric acid groups is 1. The van der Waals surface area contributed by atoms with Crippen LogP contribution in [0.4, 0.5) is 0 Å². The predicted molar refractivity (Wildman–Crippen MR) is 43.6 cm³/mol. The van der Waals surface area contributed by atoms with E-state index >= 15 is 0 Å². The summed E-state index contributed by atoms with van der Waals surface area (Å²) in [5.41, 5.74) is 0. The number of phosphoric ester groups is 1. The van der Waals surface area contributed by atoms with Gasteiger partial charge in [-0.2, -0.15) is 0 Å². The van der Waals surface area contributed by atoms with Gasteiger partial charge in [-0.05, 0) is 0 Å². The van der Waals surface area contributed by atoms with E-state index in [0.29, 0.717) is 0 Å². The second-order valence-electron chi connectivity index (χ2n) is 2.92. The summed E-state index contributed by atoms with van der Waals surface area (Å²) in [6.45, 7) is -1.09. The number of aliphatic hydroxyl groups excluding tert-OH is 4. The highest BCUT2D eigenvalue weighted by Gasteiger charge is 2.30. The molecule has 16 heavy (non-hydrogen) atoms. The molecule has 0 saturated heterocycles. The number of rotatable bonds is 7. The first-order chi connectivity index (χ1) is 7.19. The molecule has 0 bridgehead atoms. The monoisotopic (exact) mass is 258 g/mol. The van der Waals surface area contributed by atoms with E-state index in [1.807, 2.05) is 0 Å². The molecule has 10 heteroatoms. The summed E-state index contributed by atoms with van der Waals surface area (Å²) < 4.78 is 13.6. The first kappa shape index (κ1) is 15.6. The van der Waals surface area contributed by atoms with Gasteiger partial charge in [0.25, 0.3) is 0 Å². The molecule has 0 rings (SSSR count). The van der Waals surface area contributed by atoms with Gasteiger partial charge >= 0.3 is 0 Å². The van der Waals surface area contributed by atoms with Gasteiger partial charge in [0.15, 0.2) is 6.29 Å². The number of hydrogen-bond donors (Lipinski definition) is 4. The second kappa shape index (κ2) is 6.38. The van der Waals surface area contributed by atoms with Crippen LogP contribution in [0.15, 0.2) is 0 Å². The van der Waals surface area contributed by atoms with Crippen LogP contribution >= 0.6 is 7.82 Å². The van der Waals surface area contributed by atoms with E-state index in [1.54, 1.807) is 0 Å². The van der Waals surface area contributed by atoms with Crippen LogP contribution < -0.4 is 9.79 Å². The minimum Gasteiger partial charge on any atom is -0.790 e. The van der Waals surface area contributed by atoms with Gasteiger partial charge in [-0.25, -0.2) is 0 Å². The molecule has 0 spiro atoms. The van der Waals surface area contributed by atoms with Crippen LogP contribution in [0.1, 0.15) is 0 Å². The zero-order chi connectivity index (χ0) is 12.9. The molecule has 0 fully saturated rings. The Labute approximate surface area is 90.2 Å². The molecule has 96 valence electrons. The fourth-order valence-corrected chi connectivity index (χ4v) is 1.11. The summed E-state index contributed by atoms with van der Waals surface area (Å²) in [5, 5.41) is 35.9. The average molecular weight is 258 g/mol. The zero-order valence-electron chi connectivity index (χ0n) is 7.87. The highest BCUT2D eigenvalue weighted by molar-refractivity contribution is 7.43. The van der Waals surface area contributed by atoms with Crippen molar-refractivity contribution in [1.29, 1.82) is 0 Å². The summed E-state index contributed by atoms with van der Waals surface area (Å²) in [6, 6.07) is 0. The topological polar surface area (TPSA) is 170 Å². The molecular formula is C6H11O9P-2. The van der Waals surface area contributed by atoms with Crippen LogP contribution in [0.2, 0.25) is 0 Å². The minimum atomic E-state index is -5.30. The number of carbonyl (C=O) groups excluding carboxylic acids is 1. The van der Waals surface area contributed by atoms with Crippen LogP contribution in [0, 0.1) is 0 Å². The maximum atomic E-state index is 10.0. The molecule has 0 aromatic rings. The Bertz CT molecular complexity index is 263. The van der Waals surface area contributed by atoms with Gasteiger partial charge in [-0.15, -0.1) is 0 Å². The fourth-order valence-electron chi connectivity index (χ4n) is 0.776. The van der Waals surface area contributed by atoms with Crippen molar-refractivity contribution in [3.8, 4) is 0 Å². The lowest BCUT2D eigenvalue weighted by Crippen LogP contribution is -2.46. The Hall–Kier alpha value is -0.380. The molecule has 0 heterocycles. The lowest BCUT2D eigenvalue weighted by Gasteiger charge is -2.31. The van der Waals surface area contributed by atoms with E-state index in [9.17, 15) is 19.1 Å². The fraction of sp³-hybridized carbons (Fsp3) is 0.833. The largest absolute Gasteiger partial charge is 0.790 e. The van der Waals surface area contributed by atoms with E-state index in [2.05, 4.69) is 4.52 Å². The molecule has 4 atom stereocenters. The summed E-state index contributed by atoms with van der Waals surface area (Å²) in [6.07, 6.45) is -8.04. The third-order valence-corrected chi connectivity index (χ3v) is 2.10. The van der Waals surface area contributed by atoms with Gasteiger partial charge in [-0.1, -0.05) is 0 Å². The smallest absolute Gasteiger partial charge is 0.151 e. The third kappa shape index (κ3) is 5.64. The normalized spacial score (nSPS) is 19.9. The maximum absolute atomic E-state index is 10.0. The van der Waals surface area contributed by atoms with Gasteiger partial charge < -0.3 is 44.1 Å². The van der Waals surface area contributed by atoms with Gasteiger partial charge in [0, 0.05) is 0 Å². The lowest BCUT2D eigenvalue weighted by atomic mass is 10.0. The highest BCUT2D eigenvalue weighted by atomic mass is 31.2. The van der Waals surface area contributed by atoms with E-state index in [4.69, 9.17) is 20.4 Å². The van der Waals surface area contributed by atoms with E-state index in [-0.39, 0.29) is 6.29 Å². The molecule has 9 nitrogen and oxygen atoms in total. The number of hydrogen-bond acceptors (Lipinski definition) is 9. The summed E-state index contributed by atoms with van der Waals surface area (Å²) in [5.74, 6) is 0. The number of aliphatic hydroxyl groups is 4.